The standard InChI is InChI=1S/C22H22FN5O2S/c1-4-27-10-9-19(29)26-22(27)31-13-20(30)25-21-18(11-24)14(2)15(3)28(21)12-16-5-7-17(23)8-6-16/h5-10H,4,12-13H2,1-3H3,(H,25,30). The summed E-state index contributed by atoms with van der Waals surface area (Å²) in [4.78, 5) is 28.2. The van der Waals surface area contributed by atoms with Gasteiger partial charge in [-0.1, -0.05) is 23.9 Å². The molecule has 31 heavy (non-hydrogen) atoms. The molecule has 3 rings (SSSR count). The van der Waals surface area contributed by atoms with Gasteiger partial charge >= 0.3 is 0 Å². The third-order valence-electron chi connectivity index (χ3n) is 4.97. The van der Waals surface area contributed by atoms with E-state index in [-0.39, 0.29) is 23.0 Å². The van der Waals surface area contributed by atoms with Crippen molar-refractivity contribution in [2.75, 3.05) is 11.1 Å². The number of rotatable bonds is 7. The number of amides is 1. The molecule has 1 aromatic carbocycles. The van der Waals surface area contributed by atoms with Gasteiger partial charge in [0.15, 0.2) is 5.16 Å². The predicted molar refractivity (Wildman–Crippen MR) is 118 cm³/mol. The molecule has 0 atom stereocenters. The second kappa shape index (κ2) is 9.62. The number of anilines is 1. The number of carbonyl (C=O) groups is 1. The number of nitrogens with zero attached hydrogens (tertiary/aromatic N) is 4. The average Bonchev–Trinajstić information content (AvgIpc) is 2.97. The van der Waals surface area contributed by atoms with Crippen LogP contribution in [0, 0.1) is 31.0 Å². The second-order valence-electron chi connectivity index (χ2n) is 6.93. The van der Waals surface area contributed by atoms with Crippen LogP contribution in [0.25, 0.3) is 0 Å². The molecule has 0 unspecified atom stereocenters. The lowest BCUT2D eigenvalue weighted by molar-refractivity contribution is -0.113. The summed E-state index contributed by atoms with van der Waals surface area (Å²) in [6.45, 7) is 6.62. The topological polar surface area (TPSA) is 92.7 Å². The Bertz CT molecular complexity index is 1210. The van der Waals surface area contributed by atoms with Crippen LogP contribution in [0.1, 0.15) is 29.3 Å². The van der Waals surface area contributed by atoms with E-state index in [1.807, 2.05) is 25.3 Å². The van der Waals surface area contributed by atoms with Crippen molar-refractivity contribution in [1.29, 1.82) is 5.26 Å². The highest BCUT2D eigenvalue weighted by molar-refractivity contribution is 7.99. The van der Waals surface area contributed by atoms with Crippen LogP contribution in [-0.2, 0) is 17.9 Å². The van der Waals surface area contributed by atoms with Gasteiger partial charge in [-0.2, -0.15) is 10.2 Å². The maximum atomic E-state index is 13.2. The van der Waals surface area contributed by atoms with E-state index in [0.717, 1.165) is 28.6 Å². The van der Waals surface area contributed by atoms with Crippen molar-refractivity contribution < 1.29 is 9.18 Å². The van der Waals surface area contributed by atoms with Crippen molar-refractivity contribution in [2.45, 2.75) is 39.0 Å². The highest BCUT2D eigenvalue weighted by Gasteiger charge is 2.20. The number of benzene rings is 1. The van der Waals surface area contributed by atoms with Gasteiger partial charge in [0.25, 0.3) is 5.56 Å². The van der Waals surface area contributed by atoms with E-state index >= 15 is 0 Å². The third-order valence-corrected chi connectivity index (χ3v) is 5.97. The Morgan fingerprint density at radius 2 is 1.97 bits per heavy atom. The number of nitrogens with one attached hydrogen (secondary N) is 1. The summed E-state index contributed by atoms with van der Waals surface area (Å²) in [5.74, 6) is -0.213. The van der Waals surface area contributed by atoms with Crippen molar-refractivity contribution in [3.63, 3.8) is 0 Å². The fraction of sp³-hybridized carbons (Fsp3) is 0.273. The van der Waals surface area contributed by atoms with E-state index in [2.05, 4.69) is 16.4 Å². The number of thioether (sulfide) groups is 1. The fourth-order valence-corrected chi connectivity index (χ4v) is 4.01. The quantitative estimate of drug-likeness (QED) is 0.450. The molecule has 1 amide bonds. The van der Waals surface area contributed by atoms with Gasteiger partial charge in [-0.15, -0.1) is 0 Å². The summed E-state index contributed by atoms with van der Waals surface area (Å²) in [7, 11) is 0. The summed E-state index contributed by atoms with van der Waals surface area (Å²) in [6, 6.07) is 9.63. The van der Waals surface area contributed by atoms with Crippen molar-refractivity contribution in [3.8, 4) is 6.07 Å². The number of aryl methyl sites for hydroxylation is 1. The first-order valence-corrected chi connectivity index (χ1v) is 10.7. The number of nitriles is 1. The molecule has 2 aromatic heterocycles. The van der Waals surface area contributed by atoms with Crippen molar-refractivity contribution >= 4 is 23.5 Å². The van der Waals surface area contributed by atoms with Crippen LogP contribution in [0.5, 0.6) is 0 Å². The highest BCUT2D eigenvalue weighted by atomic mass is 32.2. The highest BCUT2D eigenvalue weighted by Crippen LogP contribution is 2.28. The van der Waals surface area contributed by atoms with Gasteiger partial charge in [0, 0.05) is 31.0 Å². The SMILES string of the molecule is CCn1ccc(=O)nc1SCC(=O)Nc1c(C#N)c(C)c(C)n1Cc1ccc(F)cc1. The first-order chi connectivity index (χ1) is 14.8. The Balaban J connectivity index is 1.83. The molecule has 1 N–H and O–H groups in total. The Labute approximate surface area is 183 Å². The number of aromatic nitrogens is 3. The molecule has 0 saturated carbocycles. The minimum atomic E-state index is -0.362. The van der Waals surface area contributed by atoms with Crippen molar-refractivity contribution in [2.24, 2.45) is 0 Å². The predicted octanol–water partition coefficient (Wildman–Crippen LogP) is 3.47. The van der Waals surface area contributed by atoms with Crippen LogP contribution < -0.4 is 10.9 Å². The number of hydrogen-bond donors (Lipinski definition) is 1. The molecule has 0 bridgehead atoms. The molecular formula is C22H22FN5O2S. The van der Waals surface area contributed by atoms with Gasteiger partial charge in [0.2, 0.25) is 5.91 Å². The van der Waals surface area contributed by atoms with Crippen molar-refractivity contribution in [3.05, 3.63) is 75.1 Å². The monoisotopic (exact) mass is 439 g/mol. The maximum Gasteiger partial charge on any atom is 0.273 e. The minimum absolute atomic E-state index is 0.0289. The minimum Gasteiger partial charge on any atom is -0.328 e. The Kier molecular flexibility index (Phi) is 6.92. The first kappa shape index (κ1) is 22.3. The third kappa shape index (κ3) is 5.03. The van der Waals surface area contributed by atoms with Crippen molar-refractivity contribution in [1.82, 2.24) is 14.1 Å². The zero-order valence-electron chi connectivity index (χ0n) is 17.5. The van der Waals surface area contributed by atoms with Gasteiger partial charge in [-0.25, -0.2) is 4.39 Å². The lowest BCUT2D eigenvalue weighted by atomic mass is 10.2. The molecule has 160 valence electrons. The van der Waals surface area contributed by atoms with E-state index in [1.165, 1.54) is 18.2 Å². The molecule has 0 radical (unpaired) electrons. The average molecular weight is 440 g/mol. The Hall–Kier alpha value is -3.38. The van der Waals surface area contributed by atoms with Crippen LogP contribution in [0.2, 0.25) is 0 Å². The zero-order chi connectivity index (χ0) is 22.5. The summed E-state index contributed by atoms with van der Waals surface area (Å²) >= 11 is 1.16. The van der Waals surface area contributed by atoms with E-state index in [4.69, 9.17) is 0 Å². The van der Waals surface area contributed by atoms with Gasteiger partial charge < -0.3 is 14.5 Å². The Morgan fingerprint density at radius 1 is 1.26 bits per heavy atom. The van der Waals surface area contributed by atoms with Gasteiger partial charge in [0.1, 0.15) is 17.7 Å². The largest absolute Gasteiger partial charge is 0.328 e. The summed E-state index contributed by atoms with van der Waals surface area (Å²) < 4.78 is 16.9. The maximum absolute atomic E-state index is 13.2. The van der Waals surface area contributed by atoms with Crippen LogP contribution in [0.4, 0.5) is 10.2 Å². The summed E-state index contributed by atoms with van der Waals surface area (Å²) in [6.07, 6.45) is 1.64. The molecule has 0 aliphatic rings. The molecule has 2 heterocycles. The number of hydrogen-bond acceptors (Lipinski definition) is 5. The number of halogens is 1. The van der Waals surface area contributed by atoms with Crippen LogP contribution >= 0.6 is 11.8 Å². The lowest BCUT2D eigenvalue weighted by Crippen LogP contribution is -2.20. The summed E-state index contributed by atoms with van der Waals surface area (Å²) in [5.41, 5.74) is 2.49. The molecule has 0 aliphatic carbocycles. The van der Waals surface area contributed by atoms with Gasteiger partial charge in [-0.05, 0) is 44.0 Å². The van der Waals surface area contributed by atoms with Gasteiger partial charge in [-0.3, -0.25) is 9.59 Å². The Morgan fingerprint density at radius 3 is 2.61 bits per heavy atom. The molecule has 0 saturated heterocycles. The van der Waals surface area contributed by atoms with E-state index in [1.54, 1.807) is 22.9 Å². The molecular weight excluding hydrogens is 417 g/mol. The zero-order valence-corrected chi connectivity index (χ0v) is 18.3. The molecule has 9 heteroatoms. The molecule has 3 aromatic rings. The molecule has 7 nitrogen and oxygen atoms in total. The van der Waals surface area contributed by atoms with Crippen LogP contribution in [-0.4, -0.2) is 25.8 Å². The van der Waals surface area contributed by atoms with E-state index < -0.39 is 0 Å². The molecule has 0 fully saturated rings. The number of carbonyl (C=O) groups excluding carboxylic acids is 1. The second-order valence-corrected chi connectivity index (χ2v) is 7.87. The molecule has 0 aliphatic heterocycles. The first-order valence-electron chi connectivity index (χ1n) is 9.68. The van der Waals surface area contributed by atoms with Gasteiger partial charge in [0.05, 0.1) is 11.3 Å². The fourth-order valence-electron chi connectivity index (χ4n) is 3.17. The lowest BCUT2D eigenvalue weighted by Gasteiger charge is -2.14. The van der Waals surface area contributed by atoms with E-state index in [0.29, 0.717) is 29.6 Å². The van der Waals surface area contributed by atoms with Crippen LogP contribution in [0.15, 0.2) is 46.5 Å². The molecule has 0 spiro atoms. The van der Waals surface area contributed by atoms with Crippen LogP contribution in [0.3, 0.4) is 0 Å². The summed E-state index contributed by atoms with van der Waals surface area (Å²) in [5, 5.41) is 12.9. The smallest absolute Gasteiger partial charge is 0.273 e. The van der Waals surface area contributed by atoms with E-state index in [9.17, 15) is 19.2 Å². The normalized spacial score (nSPS) is 10.7.